The van der Waals surface area contributed by atoms with Gasteiger partial charge in [0, 0.05) is 0 Å². The zero-order chi connectivity index (χ0) is 19.8. The molecule has 3 heteroatoms. The van der Waals surface area contributed by atoms with E-state index < -0.39 is 8.32 Å². The van der Waals surface area contributed by atoms with Gasteiger partial charge in [-0.15, -0.1) is 0 Å². The number of rotatable bonds is 15. The molecule has 0 radical (unpaired) electrons. The first-order valence-electron chi connectivity index (χ1n) is 11.3. The fourth-order valence-corrected chi connectivity index (χ4v) is 5.79. The van der Waals surface area contributed by atoms with E-state index in [-0.39, 0.29) is 5.60 Å². The normalized spacial score (nSPS) is 22.3. The van der Waals surface area contributed by atoms with Crippen molar-refractivity contribution in [1.82, 2.24) is 0 Å². The minimum atomic E-state index is -1.52. The molecule has 156 valence electrons. The molecule has 0 saturated carbocycles. The summed E-state index contributed by atoms with van der Waals surface area (Å²) in [4.78, 5) is 0. The van der Waals surface area contributed by atoms with Crippen molar-refractivity contribution in [1.29, 1.82) is 0 Å². The fourth-order valence-electron chi connectivity index (χ4n) is 4.16. The highest BCUT2D eigenvalue weighted by atomic mass is 28.4. The van der Waals surface area contributed by atoms with Gasteiger partial charge in [0.1, 0.15) is 6.10 Å². The Bertz CT molecular complexity index is 373. The molecule has 0 spiro atoms. The maximum Gasteiger partial charge on any atom is 0.184 e. The lowest BCUT2D eigenvalue weighted by molar-refractivity contribution is 0.0365. The number of ether oxygens (including phenoxy) is 1. The average molecular weight is 385 g/mol. The summed E-state index contributed by atoms with van der Waals surface area (Å²) in [5.41, 5.74) is -0.0465. The quantitative estimate of drug-likeness (QED) is 0.216. The summed E-state index contributed by atoms with van der Waals surface area (Å²) in [5.74, 6) is 2.61. The molecule has 2 nitrogen and oxygen atoms in total. The highest BCUT2D eigenvalue weighted by Crippen LogP contribution is 2.36. The standard InChI is InChI=1S/C23H48O2Si/c1-19(2)12-9-13-20(3)14-10-15-21(4)16-11-17-23(5,22-18-24-22)25-26(6,7)8/h19-22H,9-18H2,1-8H3. The smallest absolute Gasteiger partial charge is 0.184 e. The van der Waals surface area contributed by atoms with E-state index >= 15 is 0 Å². The van der Waals surface area contributed by atoms with Crippen LogP contribution in [0.15, 0.2) is 0 Å². The van der Waals surface area contributed by atoms with Crippen molar-refractivity contribution in [2.75, 3.05) is 6.61 Å². The van der Waals surface area contributed by atoms with Crippen LogP contribution in [0.3, 0.4) is 0 Å². The minimum absolute atomic E-state index is 0.0465. The van der Waals surface area contributed by atoms with Crippen LogP contribution < -0.4 is 0 Å². The van der Waals surface area contributed by atoms with Crippen LogP contribution in [0.4, 0.5) is 0 Å². The van der Waals surface area contributed by atoms with E-state index in [1.165, 1.54) is 51.4 Å². The molecule has 0 aromatic heterocycles. The van der Waals surface area contributed by atoms with E-state index in [2.05, 4.69) is 54.3 Å². The molecule has 4 unspecified atom stereocenters. The second-order valence-corrected chi connectivity index (χ2v) is 15.1. The van der Waals surface area contributed by atoms with Gasteiger partial charge < -0.3 is 9.16 Å². The highest BCUT2D eigenvalue weighted by molar-refractivity contribution is 6.69. The van der Waals surface area contributed by atoms with Crippen molar-refractivity contribution in [3.8, 4) is 0 Å². The van der Waals surface area contributed by atoms with E-state index in [1.807, 2.05) is 0 Å². The molecule has 0 amide bonds. The van der Waals surface area contributed by atoms with Crippen molar-refractivity contribution in [3.63, 3.8) is 0 Å². The van der Waals surface area contributed by atoms with E-state index in [0.29, 0.717) is 6.10 Å². The maximum atomic E-state index is 6.51. The average Bonchev–Trinajstić information content (AvgIpc) is 3.29. The molecular weight excluding hydrogens is 336 g/mol. The van der Waals surface area contributed by atoms with Crippen LogP contribution in [0.25, 0.3) is 0 Å². The molecule has 1 fully saturated rings. The Labute approximate surface area is 165 Å². The van der Waals surface area contributed by atoms with Gasteiger partial charge in [0.15, 0.2) is 8.32 Å². The molecule has 26 heavy (non-hydrogen) atoms. The molecule has 1 aliphatic rings. The number of hydrogen-bond acceptors (Lipinski definition) is 2. The minimum Gasteiger partial charge on any atom is -0.410 e. The molecule has 1 heterocycles. The van der Waals surface area contributed by atoms with Crippen molar-refractivity contribution >= 4 is 8.32 Å². The van der Waals surface area contributed by atoms with Gasteiger partial charge in [-0.05, 0) is 50.7 Å². The van der Waals surface area contributed by atoms with Gasteiger partial charge in [0.25, 0.3) is 0 Å². The summed E-state index contributed by atoms with van der Waals surface area (Å²) in [5, 5.41) is 0. The van der Waals surface area contributed by atoms with Crippen LogP contribution in [0.5, 0.6) is 0 Å². The Hall–Kier alpha value is 0.137. The Morgan fingerprint density at radius 2 is 1.35 bits per heavy atom. The van der Waals surface area contributed by atoms with Crippen LogP contribution in [-0.2, 0) is 9.16 Å². The second kappa shape index (κ2) is 11.2. The van der Waals surface area contributed by atoms with Crippen LogP contribution in [0.2, 0.25) is 19.6 Å². The monoisotopic (exact) mass is 384 g/mol. The summed E-state index contributed by atoms with van der Waals surface area (Å²) < 4.78 is 12.1. The van der Waals surface area contributed by atoms with Gasteiger partial charge in [0.05, 0.1) is 12.2 Å². The van der Waals surface area contributed by atoms with Gasteiger partial charge >= 0.3 is 0 Å². The van der Waals surface area contributed by atoms with Gasteiger partial charge in [-0.1, -0.05) is 79.1 Å². The van der Waals surface area contributed by atoms with Crippen LogP contribution in [-0.4, -0.2) is 26.6 Å². The lowest BCUT2D eigenvalue weighted by Gasteiger charge is -2.35. The van der Waals surface area contributed by atoms with E-state index in [1.54, 1.807) is 0 Å². The van der Waals surface area contributed by atoms with Crippen LogP contribution in [0.1, 0.15) is 92.4 Å². The molecule has 0 bridgehead atoms. The Morgan fingerprint density at radius 3 is 1.77 bits per heavy atom. The Morgan fingerprint density at radius 1 is 0.885 bits per heavy atom. The number of hydrogen-bond donors (Lipinski definition) is 0. The van der Waals surface area contributed by atoms with Crippen LogP contribution >= 0.6 is 0 Å². The molecule has 0 aromatic rings. The van der Waals surface area contributed by atoms with Gasteiger partial charge in [-0.2, -0.15) is 0 Å². The van der Waals surface area contributed by atoms with Crippen molar-refractivity contribution in [2.45, 2.75) is 124 Å². The highest BCUT2D eigenvalue weighted by Gasteiger charge is 2.46. The summed E-state index contributed by atoms with van der Waals surface area (Å²) in [6.07, 6.45) is 12.5. The Balaban J connectivity index is 2.16. The third kappa shape index (κ3) is 11.1. The third-order valence-electron chi connectivity index (χ3n) is 5.80. The van der Waals surface area contributed by atoms with E-state index in [0.717, 1.165) is 30.8 Å². The molecule has 0 N–H and O–H groups in total. The molecule has 1 rings (SSSR count). The lowest BCUT2D eigenvalue weighted by Crippen LogP contribution is -2.44. The lowest BCUT2D eigenvalue weighted by atomic mass is 9.89. The van der Waals surface area contributed by atoms with E-state index in [4.69, 9.17) is 9.16 Å². The van der Waals surface area contributed by atoms with Gasteiger partial charge in [0.2, 0.25) is 0 Å². The molecule has 0 aliphatic carbocycles. The predicted molar refractivity (Wildman–Crippen MR) is 117 cm³/mol. The Kier molecular flexibility index (Phi) is 10.4. The van der Waals surface area contributed by atoms with E-state index in [9.17, 15) is 0 Å². The topological polar surface area (TPSA) is 21.8 Å². The molecule has 1 aliphatic heterocycles. The first-order chi connectivity index (χ1) is 12.0. The predicted octanol–water partition coefficient (Wildman–Crippen LogP) is 7.43. The SMILES string of the molecule is CC(C)CCCC(C)CCCC(C)CCCC(C)(O[Si](C)(C)C)C1CO1. The van der Waals surface area contributed by atoms with Gasteiger partial charge in [-0.3, -0.25) is 0 Å². The third-order valence-corrected chi connectivity index (χ3v) is 6.87. The summed E-state index contributed by atoms with van der Waals surface area (Å²) in [6.45, 7) is 19.6. The summed E-state index contributed by atoms with van der Waals surface area (Å²) in [7, 11) is -1.52. The van der Waals surface area contributed by atoms with Crippen LogP contribution in [0, 0.1) is 17.8 Å². The fraction of sp³-hybridized carbons (Fsp3) is 1.00. The first kappa shape index (κ1) is 24.2. The largest absolute Gasteiger partial charge is 0.410 e. The van der Waals surface area contributed by atoms with Crippen molar-refractivity contribution in [2.24, 2.45) is 17.8 Å². The molecular formula is C23H48O2Si. The summed E-state index contributed by atoms with van der Waals surface area (Å²) in [6, 6.07) is 0. The van der Waals surface area contributed by atoms with Crippen molar-refractivity contribution in [3.05, 3.63) is 0 Å². The second-order valence-electron chi connectivity index (χ2n) is 10.7. The zero-order valence-corrected chi connectivity index (χ0v) is 20.2. The molecule has 1 saturated heterocycles. The first-order valence-corrected chi connectivity index (χ1v) is 14.7. The zero-order valence-electron chi connectivity index (χ0n) is 19.2. The van der Waals surface area contributed by atoms with Gasteiger partial charge in [-0.25, -0.2) is 0 Å². The maximum absolute atomic E-state index is 6.51. The van der Waals surface area contributed by atoms with Crippen molar-refractivity contribution < 1.29 is 9.16 Å². The summed E-state index contributed by atoms with van der Waals surface area (Å²) >= 11 is 0. The molecule has 4 atom stereocenters. The number of epoxide rings is 1. The molecule has 0 aromatic carbocycles.